The maximum Gasteiger partial charge on any atom is 0.254 e. The molecule has 0 N–H and O–H groups in total. The minimum Gasteiger partial charge on any atom is -0.339 e. The van der Waals surface area contributed by atoms with Crippen LogP contribution in [0, 0.1) is 11.6 Å². The first-order valence-corrected chi connectivity index (χ1v) is 8.32. The number of carbonyl (C=O) groups excluding carboxylic acids is 1. The molecule has 3 rings (SSSR count). The monoisotopic (exact) mass is 339 g/mol. The molecule has 2 nitrogen and oxygen atoms in total. The van der Waals surface area contributed by atoms with Gasteiger partial charge in [0.1, 0.15) is 11.6 Å². The second kappa shape index (κ2) is 7.01. The highest BCUT2D eigenvalue weighted by Gasteiger charge is 2.20. The number of rotatable bonds is 4. The molecule has 0 aliphatic rings. The molecule has 0 saturated heterocycles. The van der Waals surface area contributed by atoms with E-state index in [1.54, 1.807) is 11.0 Å². The Morgan fingerprint density at radius 1 is 0.920 bits per heavy atom. The summed E-state index contributed by atoms with van der Waals surface area (Å²) in [7, 11) is 0. The topological polar surface area (TPSA) is 20.3 Å². The molecule has 0 radical (unpaired) electrons. The van der Waals surface area contributed by atoms with Crippen LogP contribution in [-0.4, -0.2) is 23.9 Å². The van der Waals surface area contributed by atoms with Gasteiger partial charge in [0.05, 0.1) is 0 Å². The predicted molar refractivity (Wildman–Crippen MR) is 96.6 cm³/mol. The van der Waals surface area contributed by atoms with Crippen LogP contribution in [0.25, 0.3) is 21.9 Å². The van der Waals surface area contributed by atoms with Crippen molar-refractivity contribution in [3.8, 4) is 11.1 Å². The molecular weight excluding hydrogens is 320 g/mol. The Balaban J connectivity index is 2.33. The van der Waals surface area contributed by atoms with Crippen molar-refractivity contribution in [1.29, 1.82) is 0 Å². The highest BCUT2D eigenvalue weighted by Crippen LogP contribution is 2.34. The minimum absolute atomic E-state index is 0.143. The van der Waals surface area contributed by atoms with Gasteiger partial charge in [-0.3, -0.25) is 4.79 Å². The number of carbonyl (C=O) groups is 1. The number of amides is 1. The number of hydrogen-bond acceptors (Lipinski definition) is 1. The molecule has 0 aliphatic heterocycles. The molecular formula is C21H19F2NO. The first-order chi connectivity index (χ1) is 12.0. The lowest BCUT2D eigenvalue weighted by Gasteiger charge is -2.21. The molecule has 25 heavy (non-hydrogen) atoms. The first kappa shape index (κ1) is 17.1. The van der Waals surface area contributed by atoms with Crippen LogP contribution in [0.2, 0.25) is 0 Å². The van der Waals surface area contributed by atoms with E-state index in [9.17, 15) is 13.6 Å². The van der Waals surface area contributed by atoms with Crippen LogP contribution in [-0.2, 0) is 0 Å². The molecule has 4 heteroatoms. The average molecular weight is 339 g/mol. The van der Waals surface area contributed by atoms with Crippen LogP contribution in [0.4, 0.5) is 8.78 Å². The molecule has 0 atom stereocenters. The maximum atomic E-state index is 13.8. The van der Waals surface area contributed by atoms with Gasteiger partial charge in [0, 0.05) is 30.3 Å². The molecule has 0 bridgehead atoms. The highest BCUT2D eigenvalue weighted by atomic mass is 19.1. The summed E-state index contributed by atoms with van der Waals surface area (Å²) in [5.74, 6) is -1.47. The van der Waals surface area contributed by atoms with E-state index in [1.165, 1.54) is 12.1 Å². The summed E-state index contributed by atoms with van der Waals surface area (Å²) >= 11 is 0. The fraction of sp³-hybridized carbons (Fsp3) is 0.190. The summed E-state index contributed by atoms with van der Waals surface area (Å²) in [6.07, 6.45) is 0. The molecule has 3 aromatic carbocycles. The molecule has 0 spiro atoms. The van der Waals surface area contributed by atoms with Crippen molar-refractivity contribution >= 4 is 16.7 Å². The van der Waals surface area contributed by atoms with Crippen LogP contribution in [0.1, 0.15) is 24.2 Å². The second-order valence-corrected chi connectivity index (χ2v) is 5.84. The van der Waals surface area contributed by atoms with E-state index >= 15 is 0 Å². The Bertz CT molecular complexity index is 912. The molecule has 0 aliphatic carbocycles. The summed E-state index contributed by atoms with van der Waals surface area (Å²) in [6.45, 7) is 4.95. The smallest absolute Gasteiger partial charge is 0.254 e. The van der Waals surface area contributed by atoms with Gasteiger partial charge in [-0.1, -0.05) is 30.3 Å². The van der Waals surface area contributed by atoms with Crippen molar-refractivity contribution in [2.45, 2.75) is 13.8 Å². The van der Waals surface area contributed by atoms with Crippen molar-refractivity contribution in [2.24, 2.45) is 0 Å². The SMILES string of the molecule is CCN(CC)C(=O)c1ccc2ccccc2c1-c1cc(F)cc(F)c1. The number of halogens is 2. The van der Waals surface area contributed by atoms with Crippen molar-refractivity contribution < 1.29 is 13.6 Å². The summed E-state index contributed by atoms with van der Waals surface area (Å²) in [6, 6.07) is 14.5. The molecule has 0 fully saturated rings. The lowest BCUT2D eigenvalue weighted by Crippen LogP contribution is -2.30. The first-order valence-electron chi connectivity index (χ1n) is 8.32. The molecule has 0 heterocycles. The third-order valence-corrected chi connectivity index (χ3v) is 4.36. The Morgan fingerprint density at radius 3 is 2.20 bits per heavy atom. The van der Waals surface area contributed by atoms with E-state index in [-0.39, 0.29) is 5.91 Å². The summed E-state index contributed by atoms with van der Waals surface area (Å²) in [5.41, 5.74) is 1.38. The van der Waals surface area contributed by atoms with Gasteiger partial charge in [-0.25, -0.2) is 8.78 Å². The second-order valence-electron chi connectivity index (χ2n) is 5.84. The number of nitrogens with zero attached hydrogens (tertiary/aromatic N) is 1. The Morgan fingerprint density at radius 2 is 1.56 bits per heavy atom. The van der Waals surface area contributed by atoms with Crippen molar-refractivity contribution in [3.63, 3.8) is 0 Å². The third kappa shape index (κ3) is 3.25. The van der Waals surface area contributed by atoms with Crippen molar-refractivity contribution in [1.82, 2.24) is 4.90 Å². The van der Waals surface area contributed by atoms with E-state index < -0.39 is 11.6 Å². The zero-order valence-electron chi connectivity index (χ0n) is 14.2. The molecule has 1 amide bonds. The van der Waals surface area contributed by atoms with Gasteiger partial charge in [-0.15, -0.1) is 0 Å². The summed E-state index contributed by atoms with van der Waals surface area (Å²) < 4.78 is 27.6. The minimum atomic E-state index is -0.663. The lowest BCUT2D eigenvalue weighted by molar-refractivity contribution is 0.0774. The van der Waals surface area contributed by atoms with E-state index in [4.69, 9.17) is 0 Å². The van der Waals surface area contributed by atoms with E-state index in [0.29, 0.717) is 29.8 Å². The molecule has 128 valence electrons. The zero-order chi connectivity index (χ0) is 18.0. The molecule has 0 saturated carbocycles. The van der Waals surface area contributed by atoms with E-state index in [1.807, 2.05) is 44.2 Å². The van der Waals surface area contributed by atoms with E-state index in [0.717, 1.165) is 16.8 Å². The number of fused-ring (bicyclic) bond motifs is 1. The molecule has 0 aromatic heterocycles. The van der Waals surface area contributed by atoms with Gasteiger partial charge in [0.25, 0.3) is 5.91 Å². The normalized spacial score (nSPS) is 10.9. The van der Waals surface area contributed by atoms with Gasteiger partial charge in [0.15, 0.2) is 0 Å². The number of hydrogen-bond donors (Lipinski definition) is 0. The summed E-state index contributed by atoms with van der Waals surface area (Å²) in [4.78, 5) is 14.7. The lowest BCUT2D eigenvalue weighted by atomic mass is 9.92. The van der Waals surface area contributed by atoms with Crippen LogP contribution in [0.3, 0.4) is 0 Å². The fourth-order valence-electron chi connectivity index (χ4n) is 3.14. The van der Waals surface area contributed by atoms with E-state index in [2.05, 4.69) is 0 Å². The van der Waals surface area contributed by atoms with Gasteiger partial charge < -0.3 is 4.90 Å². The van der Waals surface area contributed by atoms with Crippen molar-refractivity contribution in [2.75, 3.05) is 13.1 Å². The van der Waals surface area contributed by atoms with Crippen LogP contribution < -0.4 is 0 Å². The Hall–Kier alpha value is -2.75. The largest absolute Gasteiger partial charge is 0.339 e. The zero-order valence-corrected chi connectivity index (χ0v) is 14.2. The van der Waals surface area contributed by atoms with Gasteiger partial charge in [0.2, 0.25) is 0 Å². The van der Waals surface area contributed by atoms with Crippen LogP contribution in [0.5, 0.6) is 0 Å². The maximum absolute atomic E-state index is 13.8. The van der Waals surface area contributed by atoms with Crippen molar-refractivity contribution in [3.05, 3.63) is 71.8 Å². The van der Waals surface area contributed by atoms with Gasteiger partial charge in [-0.05, 0) is 48.4 Å². The standard InChI is InChI=1S/C21H19F2NO/c1-3-24(4-2)21(25)19-10-9-14-7-5-6-8-18(14)20(19)15-11-16(22)13-17(23)12-15/h5-13H,3-4H2,1-2H3. The van der Waals surface area contributed by atoms with Gasteiger partial charge >= 0.3 is 0 Å². The fourth-order valence-corrected chi connectivity index (χ4v) is 3.14. The summed E-state index contributed by atoms with van der Waals surface area (Å²) in [5, 5.41) is 1.71. The van der Waals surface area contributed by atoms with Crippen LogP contribution in [0.15, 0.2) is 54.6 Å². The number of benzene rings is 3. The molecule has 3 aromatic rings. The average Bonchev–Trinajstić information content (AvgIpc) is 2.60. The quantitative estimate of drug-likeness (QED) is 0.634. The van der Waals surface area contributed by atoms with Crippen LogP contribution >= 0.6 is 0 Å². The van der Waals surface area contributed by atoms with Gasteiger partial charge in [-0.2, -0.15) is 0 Å². The highest BCUT2D eigenvalue weighted by molar-refractivity contribution is 6.09. The Labute approximate surface area is 145 Å². The third-order valence-electron chi connectivity index (χ3n) is 4.36. The Kier molecular flexibility index (Phi) is 4.79. The molecule has 0 unspecified atom stereocenters. The predicted octanol–water partition coefficient (Wildman–Crippen LogP) is 5.27.